The van der Waals surface area contributed by atoms with Gasteiger partial charge in [0.15, 0.2) is 0 Å². The van der Waals surface area contributed by atoms with Crippen molar-refractivity contribution in [3.8, 4) is 0 Å². The molecule has 1 aromatic carbocycles. The second-order valence-electron chi connectivity index (χ2n) is 5.40. The fraction of sp³-hybridized carbons (Fsp3) is 0.312. The van der Waals surface area contributed by atoms with Crippen LogP contribution in [-0.2, 0) is 22.5 Å². The Morgan fingerprint density at radius 3 is 2.91 bits per heavy atom. The molecular formula is C16H16ClNO3S. The molecule has 1 aliphatic heterocycles. The SMILES string of the molecule is COC(=O)C(c1ccccc1Cl)[N+]1([O-])CCc2sccc2C1. The third kappa shape index (κ3) is 2.65. The predicted molar refractivity (Wildman–Crippen MR) is 86.4 cm³/mol. The first kappa shape index (κ1) is 15.5. The molecule has 0 aliphatic carbocycles. The summed E-state index contributed by atoms with van der Waals surface area (Å²) in [7, 11) is 1.30. The average Bonchev–Trinajstić information content (AvgIpc) is 2.96. The molecule has 1 aromatic heterocycles. The van der Waals surface area contributed by atoms with Crippen LogP contribution < -0.4 is 0 Å². The van der Waals surface area contributed by atoms with E-state index in [-0.39, 0.29) is 6.54 Å². The summed E-state index contributed by atoms with van der Waals surface area (Å²) in [6.45, 7) is 0.613. The number of halogens is 1. The van der Waals surface area contributed by atoms with Crippen LogP contribution in [0.4, 0.5) is 0 Å². The molecule has 2 aromatic rings. The first-order valence-electron chi connectivity index (χ1n) is 7.00. The van der Waals surface area contributed by atoms with E-state index < -0.39 is 16.7 Å². The van der Waals surface area contributed by atoms with Gasteiger partial charge in [-0.3, -0.25) is 0 Å². The van der Waals surface area contributed by atoms with Gasteiger partial charge in [-0.15, -0.1) is 11.3 Å². The summed E-state index contributed by atoms with van der Waals surface area (Å²) in [4.78, 5) is 13.6. The number of carbonyl (C=O) groups is 1. The van der Waals surface area contributed by atoms with Gasteiger partial charge in [-0.05, 0) is 17.5 Å². The Kier molecular flexibility index (Phi) is 4.23. The quantitative estimate of drug-likeness (QED) is 0.487. The van der Waals surface area contributed by atoms with Gasteiger partial charge in [0.05, 0.1) is 18.7 Å². The molecule has 3 rings (SSSR count). The van der Waals surface area contributed by atoms with Crippen LogP contribution in [-0.4, -0.2) is 24.3 Å². The zero-order chi connectivity index (χ0) is 15.7. The van der Waals surface area contributed by atoms with Crippen molar-refractivity contribution in [2.75, 3.05) is 13.7 Å². The standard InChI is InChI=1S/C16H16ClNO3S/c1-21-16(19)15(12-4-2-3-5-13(12)17)18(20)8-6-14-11(10-18)7-9-22-14/h2-5,7,9,15H,6,8,10H2,1H3. The fourth-order valence-electron chi connectivity index (χ4n) is 2.99. The molecule has 0 bridgehead atoms. The maximum Gasteiger partial charge on any atom is 0.370 e. The average molecular weight is 338 g/mol. The summed E-state index contributed by atoms with van der Waals surface area (Å²) >= 11 is 7.89. The number of carbonyl (C=O) groups excluding carboxylic acids is 1. The number of thiophene rings is 1. The van der Waals surface area contributed by atoms with Gasteiger partial charge in [0.2, 0.25) is 6.04 Å². The van der Waals surface area contributed by atoms with E-state index in [0.717, 1.165) is 5.56 Å². The number of methoxy groups -OCH3 is 1. The molecule has 22 heavy (non-hydrogen) atoms. The predicted octanol–water partition coefficient (Wildman–Crippen LogP) is 3.69. The minimum atomic E-state index is -0.952. The van der Waals surface area contributed by atoms with Crippen LogP contribution in [0.5, 0.6) is 0 Å². The zero-order valence-corrected chi connectivity index (χ0v) is 13.7. The molecule has 0 fully saturated rings. The number of nitrogens with zero attached hydrogens (tertiary/aromatic N) is 1. The van der Waals surface area contributed by atoms with E-state index in [2.05, 4.69) is 0 Å². The van der Waals surface area contributed by atoms with Crippen LogP contribution in [0.1, 0.15) is 22.0 Å². The molecule has 0 saturated carbocycles. The molecular weight excluding hydrogens is 322 g/mol. The van der Waals surface area contributed by atoms with Gasteiger partial charge in [0, 0.05) is 22.4 Å². The van der Waals surface area contributed by atoms with Gasteiger partial charge >= 0.3 is 5.97 Å². The molecule has 4 nitrogen and oxygen atoms in total. The maximum atomic E-state index is 13.4. The third-order valence-corrected chi connectivity index (χ3v) is 5.46. The fourth-order valence-corrected chi connectivity index (χ4v) is 4.12. The van der Waals surface area contributed by atoms with Crippen molar-refractivity contribution < 1.29 is 14.2 Å². The zero-order valence-electron chi connectivity index (χ0n) is 12.1. The van der Waals surface area contributed by atoms with Gasteiger partial charge in [-0.1, -0.05) is 29.8 Å². The molecule has 2 atom stereocenters. The van der Waals surface area contributed by atoms with Crippen molar-refractivity contribution in [3.63, 3.8) is 0 Å². The molecule has 0 saturated heterocycles. The van der Waals surface area contributed by atoms with E-state index in [4.69, 9.17) is 16.3 Å². The van der Waals surface area contributed by atoms with E-state index >= 15 is 0 Å². The number of hydrogen-bond donors (Lipinski definition) is 0. The van der Waals surface area contributed by atoms with E-state index in [9.17, 15) is 10.0 Å². The van der Waals surface area contributed by atoms with Crippen molar-refractivity contribution in [1.82, 2.24) is 0 Å². The maximum absolute atomic E-state index is 13.4. The lowest BCUT2D eigenvalue weighted by Gasteiger charge is -2.49. The minimum Gasteiger partial charge on any atom is -0.632 e. The number of fused-ring (bicyclic) bond motifs is 1. The Morgan fingerprint density at radius 2 is 2.18 bits per heavy atom. The Balaban J connectivity index is 2.04. The van der Waals surface area contributed by atoms with Crippen molar-refractivity contribution in [3.05, 3.63) is 61.9 Å². The first-order valence-corrected chi connectivity index (χ1v) is 8.26. The van der Waals surface area contributed by atoms with Crippen molar-refractivity contribution >= 4 is 28.9 Å². The van der Waals surface area contributed by atoms with Crippen LogP contribution in [0.3, 0.4) is 0 Å². The Labute approximate surface area is 138 Å². The highest BCUT2D eigenvalue weighted by Crippen LogP contribution is 2.39. The monoisotopic (exact) mass is 337 g/mol. The van der Waals surface area contributed by atoms with Crippen LogP contribution in [0.25, 0.3) is 0 Å². The van der Waals surface area contributed by atoms with Gasteiger partial charge < -0.3 is 14.6 Å². The summed E-state index contributed by atoms with van der Waals surface area (Å²) in [5.74, 6) is -0.540. The van der Waals surface area contributed by atoms with Gasteiger partial charge in [0.25, 0.3) is 0 Å². The number of ether oxygens (including phenoxy) is 1. The number of benzene rings is 1. The summed E-state index contributed by atoms with van der Waals surface area (Å²) in [5.41, 5.74) is 1.55. The number of hydroxylamine groups is 3. The lowest BCUT2D eigenvalue weighted by Crippen LogP contribution is -2.51. The smallest absolute Gasteiger partial charge is 0.370 e. The van der Waals surface area contributed by atoms with Crippen molar-refractivity contribution in [2.24, 2.45) is 0 Å². The Bertz CT molecular complexity index is 702. The lowest BCUT2D eigenvalue weighted by molar-refractivity contribution is -0.917. The van der Waals surface area contributed by atoms with Crippen LogP contribution in [0.15, 0.2) is 35.7 Å². The number of hydrogen-bond acceptors (Lipinski definition) is 4. The first-order chi connectivity index (χ1) is 10.5. The molecule has 0 N–H and O–H groups in total. The highest BCUT2D eigenvalue weighted by atomic mass is 35.5. The molecule has 1 aliphatic rings. The van der Waals surface area contributed by atoms with Crippen LogP contribution in [0.2, 0.25) is 5.02 Å². The molecule has 0 spiro atoms. The topological polar surface area (TPSA) is 49.4 Å². The second kappa shape index (κ2) is 6.01. The van der Waals surface area contributed by atoms with Crippen LogP contribution in [0, 0.1) is 5.21 Å². The van der Waals surface area contributed by atoms with Crippen molar-refractivity contribution in [1.29, 1.82) is 0 Å². The van der Waals surface area contributed by atoms with E-state index in [1.165, 1.54) is 12.0 Å². The number of rotatable bonds is 3. The van der Waals surface area contributed by atoms with E-state index in [1.807, 2.05) is 11.4 Å². The lowest BCUT2D eigenvalue weighted by atomic mass is 10.00. The van der Waals surface area contributed by atoms with E-state index in [0.29, 0.717) is 23.6 Å². The minimum absolute atomic E-state index is 0.268. The molecule has 0 amide bonds. The van der Waals surface area contributed by atoms with Crippen molar-refractivity contribution in [2.45, 2.75) is 19.0 Å². The van der Waals surface area contributed by atoms with Crippen LogP contribution >= 0.6 is 22.9 Å². The largest absolute Gasteiger partial charge is 0.632 e. The second-order valence-corrected chi connectivity index (χ2v) is 6.81. The van der Waals surface area contributed by atoms with Gasteiger partial charge in [0.1, 0.15) is 6.54 Å². The summed E-state index contributed by atoms with van der Waals surface area (Å²) in [5, 5.41) is 15.8. The Hall–Kier alpha value is -1.40. The molecule has 116 valence electrons. The van der Waals surface area contributed by atoms with Gasteiger partial charge in [-0.25, -0.2) is 4.79 Å². The van der Waals surface area contributed by atoms with Gasteiger partial charge in [-0.2, -0.15) is 0 Å². The molecule has 2 unspecified atom stereocenters. The third-order valence-electron chi connectivity index (χ3n) is 4.09. The highest BCUT2D eigenvalue weighted by molar-refractivity contribution is 7.10. The summed E-state index contributed by atoms with van der Waals surface area (Å²) in [6.07, 6.45) is 0.675. The van der Waals surface area contributed by atoms with E-state index in [1.54, 1.807) is 35.6 Å². The summed E-state index contributed by atoms with van der Waals surface area (Å²) < 4.78 is 4.25. The molecule has 0 radical (unpaired) electrons. The molecule has 6 heteroatoms. The molecule has 2 heterocycles. The number of quaternary nitrogens is 1. The Morgan fingerprint density at radius 1 is 1.41 bits per heavy atom. The highest BCUT2D eigenvalue weighted by Gasteiger charge is 2.41. The normalized spacial score (nSPS) is 22.0. The summed E-state index contributed by atoms with van der Waals surface area (Å²) in [6, 6.07) is 7.99. The number of esters is 1.